The molecule has 0 aliphatic heterocycles. The lowest BCUT2D eigenvalue weighted by Crippen LogP contribution is -2.32. The van der Waals surface area contributed by atoms with E-state index in [1.54, 1.807) is 0 Å². The molecule has 0 saturated heterocycles. The van der Waals surface area contributed by atoms with E-state index in [2.05, 4.69) is 4.99 Å². The summed E-state index contributed by atoms with van der Waals surface area (Å²) in [6.45, 7) is 0.354. The number of carboxylic acid groups (broad SMARTS) is 1. The zero-order valence-electron chi connectivity index (χ0n) is 9.96. The highest BCUT2D eigenvalue weighted by atomic mass is 16.4. The SMILES string of the molecule is NC(N)=NCCCC(N)C(=O)CC(=O)CC(=O)O. The molecule has 102 valence electrons. The molecule has 0 rings (SSSR count). The first-order valence-corrected chi connectivity index (χ1v) is 5.40. The molecule has 0 saturated carbocycles. The number of aliphatic imine (C=N–C) groups is 1. The number of nitrogens with zero attached hydrogens (tertiary/aromatic N) is 1. The van der Waals surface area contributed by atoms with Gasteiger partial charge in [0.25, 0.3) is 0 Å². The summed E-state index contributed by atoms with van der Waals surface area (Å²) in [5, 5.41) is 8.36. The summed E-state index contributed by atoms with van der Waals surface area (Å²) in [4.78, 5) is 36.5. The summed E-state index contributed by atoms with van der Waals surface area (Å²) in [7, 11) is 0. The molecule has 8 nitrogen and oxygen atoms in total. The van der Waals surface area contributed by atoms with Gasteiger partial charge in [0.2, 0.25) is 0 Å². The van der Waals surface area contributed by atoms with E-state index in [4.69, 9.17) is 22.3 Å². The summed E-state index contributed by atoms with van der Waals surface area (Å²) in [5.41, 5.74) is 15.8. The summed E-state index contributed by atoms with van der Waals surface area (Å²) in [5.74, 6) is -2.40. The first kappa shape index (κ1) is 16.0. The molecule has 0 radical (unpaired) electrons. The van der Waals surface area contributed by atoms with Gasteiger partial charge in [-0.15, -0.1) is 0 Å². The molecule has 0 fully saturated rings. The van der Waals surface area contributed by atoms with Crippen molar-refractivity contribution in [1.29, 1.82) is 0 Å². The number of carbonyl (C=O) groups excluding carboxylic acids is 2. The summed E-state index contributed by atoms with van der Waals surface area (Å²) < 4.78 is 0. The average molecular weight is 258 g/mol. The van der Waals surface area contributed by atoms with E-state index in [0.717, 1.165) is 0 Å². The summed E-state index contributed by atoms with van der Waals surface area (Å²) >= 11 is 0. The van der Waals surface area contributed by atoms with Gasteiger partial charge in [-0.3, -0.25) is 19.4 Å². The van der Waals surface area contributed by atoms with Crippen LogP contribution in [0.4, 0.5) is 0 Å². The van der Waals surface area contributed by atoms with Gasteiger partial charge in [-0.25, -0.2) is 0 Å². The predicted octanol–water partition coefficient (Wildman–Crippen LogP) is -1.63. The lowest BCUT2D eigenvalue weighted by atomic mass is 10.0. The fourth-order valence-corrected chi connectivity index (χ4v) is 1.24. The molecule has 18 heavy (non-hydrogen) atoms. The van der Waals surface area contributed by atoms with Gasteiger partial charge < -0.3 is 22.3 Å². The lowest BCUT2D eigenvalue weighted by molar-refractivity contribution is -0.140. The Labute approximate surface area is 104 Å². The van der Waals surface area contributed by atoms with Crippen LogP contribution in [0.25, 0.3) is 0 Å². The van der Waals surface area contributed by atoms with Crippen LogP contribution in [0.5, 0.6) is 0 Å². The van der Waals surface area contributed by atoms with Crippen LogP contribution >= 0.6 is 0 Å². The van der Waals surface area contributed by atoms with Gasteiger partial charge in [-0.1, -0.05) is 0 Å². The number of nitrogens with two attached hydrogens (primary N) is 3. The Bertz CT molecular complexity index is 350. The number of rotatable bonds is 9. The Morgan fingerprint density at radius 3 is 2.28 bits per heavy atom. The highest BCUT2D eigenvalue weighted by molar-refractivity contribution is 6.06. The van der Waals surface area contributed by atoms with Crippen molar-refractivity contribution in [2.75, 3.05) is 6.54 Å². The molecule has 0 aromatic rings. The normalized spacial score (nSPS) is 11.6. The van der Waals surface area contributed by atoms with Gasteiger partial charge in [0.05, 0.1) is 12.5 Å². The number of guanidine groups is 1. The molecule has 0 heterocycles. The van der Waals surface area contributed by atoms with Crippen LogP contribution in [0.2, 0.25) is 0 Å². The van der Waals surface area contributed by atoms with Crippen molar-refractivity contribution in [3.05, 3.63) is 0 Å². The molecule has 0 spiro atoms. The highest BCUT2D eigenvalue weighted by Crippen LogP contribution is 2.01. The fourth-order valence-electron chi connectivity index (χ4n) is 1.24. The van der Waals surface area contributed by atoms with Gasteiger partial charge in [0.15, 0.2) is 17.5 Å². The minimum atomic E-state index is -1.26. The van der Waals surface area contributed by atoms with Crippen LogP contribution in [0.3, 0.4) is 0 Å². The Hall–Kier alpha value is -1.96. The molecule has 8 heteroatoms. The van der Waals surface area contributed by atoms with E-state index in [1.807, 2.05) is 0 Å². The second kappa shape index (κ2) is 8.18. The number of carbonyl (C=O) groups is 3. The molecule has 0 aromatic heterocycles. The Balaban J connectivity index is 3.92. The molecule has 0 aliphatic rings. The van der Waals surface area contributed by atoms with Gasteiger partial charge in [-0.2, -0.15) is 0 Å². The zero-order chi connectivity index (χ0) is 14.1. The number of hydrogen-bond acceptors (Lipinski definition) is 5. The van der Waals surface area contributed by atoms with Crippen molar-refractivity contribution in [3.8, 4) is 0 Å². The molecule has 1 atom stereocenters. The minimum absolute atomic E-state index is 0.0356. The third-order valence-electron chi connectivity index (χ3n) is 2.10. The maximum absolute atomic E-state index is 11.4. The van der Waals surface area contributed by atoms with Crippen LogP contribution in [0, 0.1) is 0 Å². The van der Waals surface area contributed by atoms with E-state index in [0.29, 0.717) is 19.4 Å². The van der Waals surface area contributed by atoms with E-state index in [9.17, 15) is 14.4 Å². The van der Waals surface area contributed by atoms with Crippen molar-refractivity contribution in [1.82, 2.24) is 0 Å². The van der Waals surface area contributed by atoms with Crippen LogP contribution in [0.15, 0.2) is 4.99 Å². The third-order valence-corrected chi connectivity index (χ3v) is 2.10. The number of Topliss-reactive ketones (excluding diaryl/α,β-unsaturated/α-hetero) is 2. The fraction of sp³-hybridized carbons (Fsp3) is 0.600. The van der Waals surface area contributed by atoms with E-state index >= 15 is 0 Å². The second-order valence-electron chi connectivity index (χ2n) is 3.81. The Morgan fingerprint density at radius 1 is 1.17 bits per heavy atom. The van der Waals surface area contributed by atoms with Crippen LogP contribution in [-0.2, 0) is 14.4 Å². The topological polar surface area (TPSA) is 162 Å². The number of hydrogen-bond donors (Lipinski definition) is 4. The molecule has 0 aliphatic carbocycles. The number of aliphatic carboxylic acids is 1. The number of ketones is 2. The largest absolute Gasteiger partial charge is 0.481 e. The van der Waals surface area contributed by atoms with Crippen molar-refractivity contribution in [2.24, 2.45) is 22.2 Å². The molecular weight excluding hydrogens is 240 g/mol. The van der Waals surface area contributed by atoms with Crippen molar-refractivity contribution < 1.29 is 19.5 Å². The van der Waals surface area contributed by atoms with Gasteiger partial charge >= 0.3 is 5.97 Å². The summed E-state index contributed by atoms with van der Waals surface area (Å²) in [6, 6.07) is -0.794. The molecule has 0 amide bonds. The van der Waals surface area contributed by atoms with Gasteiger partial charge in [0.1, 0.15) is 6.42 Å². The Kier molecular flexibility index (Phi) is 7.29. The predicted molar refractivity (Wildman–Crippen MR) is 64.8 cm³/mol. The number of carboxylic acids is 1. The van der Waals surface area contributed by atoms with Crippen LogP contribution in [-0.4, -0.2) is 41.2 Å². The minimum Gasteiger partial charge on any atom is -0.481 e. The van der Waals surface area contributed by atoms with Crippen molar-refractivity contribution in [2.45, 2.75) is 31.7 Å². The Morgan fingerprint density at radius 2 is 1.78 bits per heavy atom. The van der Waals surface area contributed by atoms with Crippen LogP contribution < -0.4 is 17.2 Å². The van der Waals surface area contributed by atoms with E-state index in [1.165, 1.54) is 0 Å². The smallest absolute Gasteiger partial charge is 0.310 e. The maximum atomic E-state index is 11.4. The van der Waals surface area contributed by atoms with Crippen molar-refractivity contribution >= 4 is 23.5 Å². The molecular formula is C10H18N4O4. The first-order chi connectivity index (χ1) is 8.32. The molecule has 0 aromatic carbocycles. The van der Waals surface area contributed by atoms with Gasteiger partial charge in [-0.05, 0) is 12.8 Å². The van der Waals surface area contributed by atoms with Crippen LogP contribution in [0.1, 0.15) is 25.7 Å². The van der Waals surface area contributed by atoms with E-state index in [-0.39, 0.29) is 5.96 Å². The first-order valence-electron chi connectivity index (χ1n) is 5.40. The molecule has 7 N–H and O–H groups in total. The molecule has 1 unspecified atom stereocenters. The highest BCUT2D eigenvalue weighted by Gasteiger charge is 2.18. The average Bonchev–Trinajstić information content (AvgIpc) is 2.22. The maximum Gasteiger partial charge on any atom is 0.310 e. The quantitative estimate of drug-likeness (QED) is 0.167. The monoisotopic (exact) mass is 258 g/mol. The second-order valence-corrected chi connectivity index (χ2v) is 3.81. The van der Waals surface area contributed by atoms with Crippen molar-refractivity contribution in [3.63, 3.8) is 0 Å². The zero-order valence-corrected chi connectivity index (χ0v) is 9.96. The lowest BCUT2D eigenvalue weighted by Gasteiger charge is -2.08. The van der Waals surface area contributed by atoms with E-state index < -0.39 is 36.4 Å². The standard InChI is InChI=1S/C10H18N4O4/c11-7(2-1-3-14-10(12)13)8(16)4-6(15)5-9(17)18/h7H,1-5,11H2,(H,17,18)(H4,12,13,14). The third kappa shape index (κ3) is 8.22. The van der Waals surface area contributed by atoms with Gasteiger partial charge in [0, 0.05) is 6.54 Å². The molecule has 0 bridgehead atoms. The summed E-state index contributed by atoms with van der Waals surface area (Å²) in [6.07, 6.45) is -0.254.